The van der Waals surface area contributed by atoms with Crippen molar-refractivity contribution in [1.29, 1.82) is 0 Å². The highest BCUT2D eigenvalue weighted by Gasteiger charge is 2.57. The fourth-order valence-corrected chi connectivity index (χ4v) is 3.62. The molecule has 14 heteroatoms. The fraction of sp³-hybridized carbons (Fsp3) is 0.421. The molecule has 1 amide bonds. The van der Waals surface area contributed by atoms with E-state index in [0.29, 0.717) is 0 Å². The van der Waals surface area contributed by atoms with E-state index in [1.165, 1.54) is 6.92 Å². The number of halogens is 7. The molecule has 0 radical (unpaired) electrons. The summed E-state index contributed by atoms with van der Waals surface area (Å²) in [6.07, 6.45) is -9.08. The molecule has 0 saturated carbocycles. The maximum absolute atomic E-state index is 14.5. The molecule has 1 fully saturated rings. The van der Waals surface area contributed by atoms with Crippen LogP contribution in [0.5, 0.6) is 5.88 Å². The fourth-order valence-electron chi connectivity index (χ4n) is 3.62. The highest BCUT2D eigenvalue weighted by molar-refractivity contribution is 6.02. The van der Waals surface area contributed by atoms with Gasteiger partial charge in [-0.25, -0.2) is 14.4 Å². The zero-order chi connectivity index (χ0) is 24.6. The van der Waals surface area contributed by atoms with Gasteiger partial charge in [-0.1, -0.05) is 0 Å². The molecule has 0 spiro atoms. The Kier molecular flexibility index (Phi) is 6.53. The molecule has 2 heterocycles. The number of carbonyl (C=O) groups is 1. The highest BCUT2D eigenvalue weighted by Crippen LogP contribution is 2.47. The van der Waals surface area contributed by atoms with Crippen molar-refractivity contribution >= 4 is 11.6 Å². The predicted molar refractivity (Wildman–Crippen MR) is 101 cm³/mol. The van der Waals surface area contributed by atoms with Gasteiger partial charge in [0.25, 0.3) is 5.91 Å². The van der Waals surface area contributed by atoms with Crippen molar-refractivity contribution in [2.75, 3.05) is 11.9 Å². The highest BCUT2D eigenvalue weighted by atomic mass is 19.4. The average Bonchev–Trinajstić information content (AvgIpc) is 3.03. The van der Waals surface area contributed by atoms with Gasteiger partial charge in [-0.2, -0.15) is 26.3 Å². The molecule has 2 aromatic rings. The molecular formula is C19H18F7N5O2. The first-order valence-corrected chi connectivity index (χ1v) is 9.42. The molecule has 7 nitrogen and oxygen atoms in total. The van der Waals surface area contributed by atoms with E-state index in [9.17, 15) is 35.5 Å². The number of hydrogen-bond acceptors (Lipinski definition) is 6. The number of ether oxygens (including phenoxy) is 1. The van der Waals surface area contributed by atoms with Gasteiger partial charge in [0.05, 0.1) is 30.0 Å². The van der Waals surface area contributed by atoms with Crippen LogP contribution >= 0.6 is 0 Å². The van der Waals surface area contributed by atoms with Gasteiger partial charge in [0.15, 0.2) is 6.61 Å². The van der Waals surface area contributed by atoms with E-state index >= 15 is 0 Å². The number of aromatic nitrogens is 2. The molecule has 3 rings (SSSR count). The van der Waals surface area contributed by atoms with E-state index in [1.54, 1.807) is 0 Å². The molecule has 1 aliphatic rings. The van der Waals surface area contributed by atoms with Crippen LogP contribution in [-0.2, 0) is 5.54 Å². The predicted octanol–water partition coefficient (Wildman–Crippen LogP) is 3.48. The molecule has 4 N–H and O–H groups in total. The van der Waals surface area contributed by atoms with Crippen LogP contribution in [0.1, 0.15) is 29.4 Å². The third-order valence-electron chi connectivity index (χ3n) is 5.10. The first kappa shape index (κ1) is 24.6. The minimum Gasteiger partial charge on any atom is -0.467 e. The van der Waals surface area contributed by atoms with Crippen molar-refractivity contribution in [2.45, 2.75) is 37.4 Å². The lowest BCUT2D eigenvalue weighted by molar-refractivity contribution is -0.188. The van der Waals surface area contributed by atoms with Crippen molar-refractivity contribution in [1.82, 2.24) is 15.3 Å². The zero-order valence-corrected chi connectivity index (χ0v) is 16.9. The molecule has 1 saturated heterocycles. The summed E-state index contributed by atoms with van der Waals surface area (Å²) in [5.41, 5.74) is 3.05. The van der Waals surface area contributed by atoms with Crippen LogP contribution in [0.15, 0.2) is 30.6 Å². The lowest BCUT2D eigenvalue weighted by Crippen LogP contribution is -2.47. The number of rotatable bonds is 5. The quantitative estimate of drug-likeness (QED) is 0.566. The summed E-state index contributed by atoms with van der Waals surface area (Å²) in [6, 6.07) is 3.08. The summed E-state index contributed by atoms with van der Waals surface area (Å²) < 4.78 is 96.1. The third kappa shape index (κ3) is 5.68. The summed E-state index contributed by atoms with van der Waals surface area (Å²) in [5.74, 6) is -4.26. The summed E-state index contributed by atoms with van der Waals surface area (Å²) >= 11 is 0. The van der Waals surface area contributed by atoms with Crippen LogP contribution in [0, 0.1) is 11.7 Å². The Labute approximate surface area is 182 Å². The second kappa shape index (κ2) is 8.74. The first-order chi connectivity index (χ1) is 15.2. The second-order valence-electron chi connectivity index (χ2n) is 7.58. The number of nitrogens with zero attached hydrogens (tertiary/aromatic N) is 2. The van der Waals surface area contributed by atoms with Crippen molar-refractivity contribution in [3.63, 3.8) is 0 Å². The Morgan fingerprint density at radius 3 is 2.52 bits per heavy atom. The molecule has 1 unspecified atom stereocenters. The maximum atomic E-state index is 14.5. The van der Waals surface area contributed by atoms with Crippen molar-refractivity contribution < 1.29 is 40.3 Å². The minimum atomic E-state index is -4.66. The van der Waals surface area contributed by atoms with Crippen molar-refractivity contribution in [2.24, 2.45) is 11.7 Å². The summed E-state index contributed by atoms with van der Waals surface area (Å²) in [7, 11) is 0. The number of anilines is 1. The molecule has 33 heavy (non-hydrogen) atoms. The van der Waals surface area contributed by atoms with Crippen molar-refractivity contribution in [3.8, 4) is 5.88 Å². The van der Waals surface area contributed by atoms with E-state index in [4.69, 9.17) is 5.73 Å². The Morgan fingerprint density at radius 1 is 1.24 bits per heavy atom. The van der Waals surface area contributed by atoms with E-state index in [0.717, 1.165) is 30.6 Å². The van der Waals surface area contributed by atoms with E-state index in [-0.39, 0.29) is 16.9 Å². The van der Waals surface area contributed by atoms with E-state index in [1.807, 2.05) is 0 Å². The van der Waals surface area contributed by atoms with E-state index < -0.39 is 60.6 Å². The van der Waals surface area contributed by atoms with Gasteiger partial charge in [0.2, 0.25) is 5.88 Å². The lowest BCUT2D eigenvalue weighted by atomic mass is 9.80. The molecule has 180 valence electrons. The van der Waals surface area contributed by atoms with Crippen LogP contribution in [0.4, 0.5) is 36.4 Å². The van der Waals surface area contributed by atoms with Gasteiger partial charge in [-0.05, 0) is 31.5 Å². The number of amides is 1. The molecule has 1 aromatic heterocycles. The minimum absolute atomic E-state index is 0.0416. The standard InChI is InChI=1S/C19H18F7N5O2/c1-17(13(19(24,25)26)5-14(27)31-17)10-4-9(2-3-11(10)20)30-16(32)12-6-29-15(7-28-12)33-8-18(21,22)23/h2-4,6-7,13-14,31H,5,8,27H2,1H3,(H,30,32)/t13-,14?,17-/m0/s1. The SMILES string of the molecule is C[C@@]1(c2cc(NC(=O)c3cnc(OCC(F)(F)F)cn3)ccc2F)NC(N)C[C@@H]1C(F)(F)F. The zero-order valence-electron chi connectivity index (χ0n) is 16.9. The molecule has 3 atom stereocenters. The van der Waals surface area contributed by atoms with Gasteiger partial charge in [-0.15, -0.1) is 0 Å². The number of hydrogen-bond donors (Lipinski definition) is 3. The number of alkyl halides is 6. The van der Waals surface area contributed by atoms with Crippen LogP contribution in [0.3, 0.4) is 0 Å². The van der Waals surface area contributed by atoms with Gasteiger partial charge in [0.1, 0.15) is 11.5 Å². The van der Waals surface area contributed by atoms with Crippen LogP contribution < -0.4 is 21.1 Å². The number of nitrogens with one attached hydrogen (secondary N) is 2. The Bertz CT molecular complexity index is 1010. The molecule has 1 aliphatic heterocycles. The normalized spacial score (nSPS) is 23.4. The summed E-state index contributed by atoms with van der Waals surface area (Å²) in [4.78, 5) is 19.6. The topological polar surface area (TPSA) is 102 Å². The molecule has 0 aliphatic carbocycles. The largest absolute Gasteiger partial charge is 0.467 e. The summed E-state index contributed by atoms with van der Waals surface area (Å²) in [6.45, 7) is -0.422. The van der Waals surface area contributed by atoms with Crippen LogP contribution in [0.25, 0.3) is 0 Å². The van der Waals surface area contributed by atoms with Gasteiger partial charge in [-0.3, -0.25) is 10.1 Å². The molecule has 0 bridgehead atoms. The Hall–Kier alpha value is -3.00. The van der Waals surface area contributed by atoms with Gasteiger partial charge < -0.3 is 15.8 Å². The number of nitrogens with two attached hydrogens (primary N) is 1. The second-order valence-corrected chi connectivity index (χ2v) is 7.58. The molecular weight excluding hydrogens is 463 g/mol. The number of benzene rings is 1. The smallest absolute Gasteiger partial charge is 0.422 e. The third-order valence-corrected chi connectivity index (χ3v) is 5.10. The van der Waals surface area contributed by atoms with Gasteiger partial charge >= 0.3 is 12.4 Å². The monoisotopic (exact) mass is 481 g/mol. The van der Waals surface area contributed by atoms with Crippen molar-refractivity contribution in [3.05, 3.63) is 47.7 Å². The Morgan fingerprint density at radius 2 is 1.94 bits per heavy atom. The molecule has 1 aromatic carbocycles. The maximum Gasteiger partial charge on any atom is 0.422 e. The Balaban J connectivity index is 1.79. The summed E-state index contributed by atoms with van der Waals surface area (Å²) in [5, 5.41) is 4.91. The number of carbonyl (C=O) groups excluding carboxylic acids is 1. The van der Waals surface area contributed by atoms with Gasteiger partial charge in [0, 0.05) is 11.3 Å². The van der Waals surface area contributed by atoms with E-state index in [2.05, 4.69) is 25.3 Å². The van der Waals surface area contributed by atoms with Crippen LogP contribution in [0.2, 0.25) is 0 Å². The first-order valence-electron chi connectivity index (χ1n) is 9.42. The van der Waals surface area contributed by atoms with Crippen LogP contribution in [-0.4, -0.2) is 41.0 Å². The average molecular weight is 481 g/mol. The lowest BCUT2D eigenvalue weighted by Gasteiger charge is -2.34.